The normalized spacial score (nSPS) is 20.2. The van der Waals surface area contributed by atoms with Crippen LogP contribution >= 0.6 is 0 Å². The Labute approximate surface area is 138 Å². The minimum Gasteiger partial charge on any atom is -0.387 e. The number of nitrogens with zero attached hydrogens (tertiary/aromatic N) is 4. The summed E-state index contributed by atoms with van der Waals surface area (Å²) in [5.41, 5.74) is -0.294. The average Bonchev–Trinajstić information content (AvgIpc) is 3.03. The number of rotatable bonds is 5. The largest absolute Gasteiger partial charge is 0.387 e. The first kappa shape index (κ1) is 16.9. The van der Waals surface area contributed by atoms with E-state index in [0.717, 1.165) is 18.7 Å². The molecule has 8 heteroatoms. The van der Waals surface area contributed by atoms with Crippen molar-refractivity contribution in [1.82, 2.24) is 19.7 Å². The number of hydrogen-bond acceptors (Lipinski definition) is 5. The molecule has 1 aliphatic heterocycles. The Hall–Kier alpha value is -1.90. The van der Waals surface area contributed by atoms with Crippen LogP contribution in [0.25, 0.3) is 0 Å². The number of morpholine rings is 1. The second-order valence-corrected chi connectivity index (χ2v) is 5.75. The Morgan fingerprint density at radius 1 is 1.38 bits per heavy atom. The molecule has 2 heterocycles. The fraction of sp³-hybridized carbons (Fsp3) is 0.500. The fourth-order valence-corrected chi connectivity index (χ4v) is 2.95. The molecule has 1 saturated heterocycles. The van der Waals surface area contributed by atoms with Crippen LogP contribution in [0, 0.1) is 11.6 Å². The van der Waals surface area contributed by atoms with Crippen LogP contribution < -0.4 is 0 Å². The van der Waals surface area contributed by atoms with Crippen molar-refractivity contribution in [3.05, 3.63) is 47.5 Å². The number of β-amino-alcohol motifs (C(OH)–C–C–N with tert-alkyl or cyclic N) is 1. The van der Waals surface area contributed by atoms with Gasteiger partial charge in [-0.1, -0.05) is 6.07 Å². The summed E-state index contributed by atoms with van der Waals surface area (Å²) < 4.78 is 35.2. The van der Waals surface area contributed by atoms with E-state index in [9.17, 15) is 13.9 Å². The second kappa shape index (κ2) is 7.33. The molecule has 0 bridgehead atoms. The highest BCUT2D eigenvalue weighted by atomic mass is 19.1. The van der Waals surface area contributed by atoms with Gasteiger partial charge in [0.2, 0.25) is 0 Å². The van der Waals surface area contributed by atoms with Gasteiger partial charge in [0.1, 0.15) is 24.1 Å². The summed E-state index contributed by atoms with van der Waals surface area (Å²) in [4.78, 5) is 1.92. The molecule has 24 heavy (non-hydrogen) atoms. The maximum absolute atomic E-state index is 13.8. The number of halogens is 2. The zero-order valence-electron chi connectivity index (χ0n) is 13.4. The van der Waals surface area contributed by atoms with Crippen LogP contribution in [0.1, 0.15) is 30.5 Å². The Bertz CT molecular complexity index is 674. The van der Waals surface area contributed by atoms with E-state index in [-0.39, 0.29) is 18.2 Å². The van der Waals surface area contributed by atoms with Gasteiger partial charge in [-0.2, -0.15) is 0 Å². The standard InChI is InChI=1S/C16H20F2N4O2/c1-2-22-10-19-20-16(22)14-9-21(6-7-24-14)8-13(23)15-11(17)4-3-5-12(15)18/h3-5,10,13-14,23H,2,6-9H2,1H3/t13-,14+/m1/s1. The molecule has 0 aliphatic carbocycles. The summed E-state index contributed by atoms with van der Waals surface area (Å²) in [7, 11) is 0. The predicted molar refractivity (Wildman–Crippen MR) is 82.1 cm³/mol. The van der Waals surface area contributed by atoms with Crippen LogP contribution in [0.5, 0.6) is 0 Å². The minimum atomic E-state index is -1.24. The molecule has 2 atom stereocenters. The van der Waals surface area contributed by atoms with Crippen LogP contribution in [0.3, 0.4) is 0 Å². The van der Waals surface area contributed by atoms with Crippen molar-refractivity contribution in [2.75, 3.05) is 26.2 Å². The molecule has 2 aromatic rings. The van der Waals surface area contributed by atoms with Gasteiger partial charge in [-0.25, -0.2) is 8.78 Å². The maximum Gasteiger partial charge on any atom is 0.163 e. The van der Waals surface area contributed by atoms with E-state index in [1.54, 1.807) is 6.33 Å². The van der Waals surface area contributed by atoms with E-state index >= 15 is 0 Å². The zero-order chi connectivity index (χ0) is 17.1. The van der Waals surface area contributed by atoms with E-state index in [1.807, 2.05) is 16.4 Å². The number of ether oxygens (including phenoxy) is 1. The Morgan fingerprint density at radius 3 is 2.83 bits per heavy atom. The lowest BCUT2D eigenvalue weighted by Crippen LogP contribution is -2.41. The molecule has 3 rings (SSSR count). The third kappa shape index (κ3) is 3.45. The summed E-state index contributed by atoms with van der Waals surface area (Å²) in [5.74, 6) is -0.759. The number of aryl methyl sites for hydroxylation is 1. The highest BCUT2D eigenvalue weighted by molar-refractivity contribution is 5.22. The van der Waals surface area contributed by atoms with Gasteiger partial charge in [-0.3, -0.25) is 4.90 Å². The molecule has 0 saturated carbocycles. The SMILES string of the molecule is CCn1cnnc1[C@@H]1CN(C[C@@H](O)c2c(F)cccc2F)CCO1. The average molecular weight is 338 g/mol. The van der Waals surface area contributed by atoms with Gasteiger partial charge < -0.3 is 14.4 Å². The molecular weight excluding hydrogens is 318 g/mol. The number of benzene rings is 1. The van der Waals surface area contributed by atoms with Crippen molar-refractivity contribution in [3.8, 4) is 0 Å². The monoisotopic (exact) mass is 338 g/mol. The number of aliphatic hydroxyl groups is 1. The van der Waals surface area contributed by atoms with Gasteiger partial charge in [0, 0.05) is 26.2 Å². The highest BCUT2D eigenvalue weighted by Crippen LogP contribution is 2.25. The molecule has 6 nitrogen and oxygen atoms in total. The second-order valence-electron chi connectivity index (χ2n) is 5.75. The van der Waals surface area contributed by atoms with Crippen molar-refractivity contribution in [1.29, 1.82) is 0 Å². The number of hydrogen-bond donors (Lipinski definition) is 1. The van der Waals surface area contributed by atoms with Gasteiger partial charge in [0.15, 0.2) is 5.82 Å². The first-order valence-electron chi connectivity index (χ1n) is 7.93. The van der Waals surface area contributed by atoms with Gasteiger partial charge in [0.05, 0.1) is 18.3 Å². The quantitative estimate of drug-likeness (QED) is 0.899. The summed E-state index contributed by atoms with van der Waals surface area (Å²) in [6.45, 7) is 4.34. The summed E-state index contributed by atoms with van der Waals surface area (Å²) in [6, 6.07) is 3.57. The predicted octanol–water partition coefficient (Wildman–Crippen LogP) is 1.68. The van der Waals surface area contributed by atoms with Crippen LogP contribution in [0.4, 0.5) is 8.78 Å². The molecule has 130 valence electrons. The lowest BCUT2D eigenvalue weighted by atomic mass is 10.1. The molecule has 0 unspecified atom stereocenters. The Kier molecular flexibility index (Phi) is 5.17. The van der Waals surface area contributed by atoms with E-state index in [2.05, 4.69) is 10.2 Å². The number of aromatic nitrogens is 3. The highest BCUT2D eigenvalue weighted by Gasteiger charge is 2.28. The molecule has 0 spiro atoms. The van der Waals surface area contributed by atoms with E-state index in [0.29, 0.717) is 25.5 Å². The molecule has 1 fully saturated rings. The van der Waals surface area contributed by atoms with E-state index < -0.39 is 17.7 Å². The molecule has 1 aromatic heterocycles. The molecule has 1 N–H and O–H groups in total. The van der Waals surface area contributed by atoms with Crippen LogP contribution in [0.15, 0.2) is 24.5 Å². The Balaban J connectivity index is 1.69. The van der Waals surface area contributed by atoms with Gasteiger partial charge in [0.25, 0.3) is 0 Å². The topological polar surface area (TPSA) is 63.4 Å². The third-order valence-electron chi connectivity index (χ3n) is 4.19. The summed E-state index contributed by atoms with van der Waals surface area (Å²) >= 11 is 0. The first-order valence-corrected chi connectivity index (χ1v) is 7.93. The van der Waals surface area contributed by atoms with Gasteiger partial charge in [-0.15, -0.1) is 10.2 Å². The number of aliphatic hydroxyl groups excluding tert-OH is 1. The smallest absolute Gasteiger partial charge is 0.163 e. The summed E-state index contributed by atoms with van der Waals surface area (Å²) in [5, 5.41) is 18.2. The molecule has 0 amide bonds. The van der Waals surface area contributed by atoms with Crippen molar-refractivity contribution in [3.63, 3.8) is 0 Å². The summed E-state index contributed by atoms with van der Waals surface area (Å²) in [6.07, 6.45) is 0.120. The van der Waals surface area contributed by atoms with Crippen molar-refractivity contribution in [2.24, 2.45) is 0 Å². The van der Waals surface area contributed by atoms with Crippen molar-refractivity contribution in [2.45, 2.75) is 25.7 Å². The minimum absolute atomic E-state index is 0.123. The van der Waals surface area contributed by atoms with Crippen molar-refractivity contribution >= 4 is 0 Å². The van der Waals surface area contributed by atoms with Crippen LogP contribution in [-0.4, -0.2) is 51.0 Å². The fourth-order valence-electron chi connectivity index (χ4n) is 2.95. The van der Waals surface area contributed by atoms with Gasteiger partial charge in [-0.05, 0) is 19.1 Å². The molecular formula is C16H20F2N4O2. The van der Waals surface area contributed by atoms with Crippen LogP contribution in [-0.2, 0) is 11.3 Å². The molecule has 1 aliphatic rings. The molecule has 0 radical (unpaired) electrons. The lowest BCUT2D eigenvalue weighted by Gasteiger charge is -2.33. The van der Waals surface area contributed by atoms with Crippen molar-refractivity contribution < 1.29 is 18.6 Å². The molecule has 1 aromatic carbocycles. The van der Waals surface area contributed by atoms with Gasteiger partial charge >= 0.3 is 0 Å². The van der Waals surface area contributed by atoms with E-state index in [4.69, 9.17) is 4.74 Å². The zero-order valence-corrected chi connectivity index (χ0v) is 13.4. The van der Waals surface area contributed by atoms with E-state index in [1.165, 1.54) is 6.07 Å². The lowest BCUT2D eigenvalue weighted by molar-refractivity contribution is -0.0481. The van der Waals surface area contributed by atoms with Crippen LogP contribution in [0.2, 0.25) is 0 Å². The maximum atomic E-state index is 13.8. The Morgan fingerprint density at radius 2 is 2.12 bits per heavy atom. The third-order valence-corrected chi connectivity index (χ3v) is 4.19. The first-order chi connectivity index (χ1) is 11.6.